The lowest BCUT2D eigenvalue weighted by molar-refractivity contribution is -0.432. The van der Waals surface area contributed by atoms with E-state index >= 15 is 0 Å². The highest BCUT2D eigenvalue weighted by Crippen LogP contribution is 2.46. The number of anilines is 1. The van der Waals surface area contributed by atoms with Gasteiger partial charge in [-0.1, -0.05) is 28.3 Å². The van der Waals surface area contributed by atoms with Crippen molar-refractivity contribution in [3.05, 3.63) is 75.8 Å². The number of nitrogen functional groups attached to an aromatic ring is 1. The molecule has 0 amide bonds. The molecule has 19 nitrogen and oxygen atoms in total. The summed E-state index contributed by atoms with van der Waals surface area (Å²) >= 11 is 0.750. The number of azo groups is 1. The van der Waals surface area contributed by atoms with Crippen molar-refractivity contribution in [2.75, 3.05) is 5.73 Å². The van der Waals surface area contributed by atoms with E-state index in [9.17, 15) is 41.2 Å². The summed E-state index contributed by atoms with van der Waals surface area (Å²) in [5, 5.41) is 54.3. The van der Waals surface area contributed by atoms with Crippen molar-refractivity contribution in [3.63, 3.8) is 0 Å². The number of fused-ring (bicyclic) bond motifs is 1. The van der Waals surface area contributed by atoms with Crippen LogP contribution in [-0.4, -0.2) is 46.5 Å². The predicted octanol–water partition coefficient (Wildman–Crippen LogP) is 5.97. The number of hydrogen-bond acceptors (Lipinski definition) is 18. The Morgan fingerprint density at radius 2 is 1.45 bits per heavy atom. The highest BCUT2D eigenvalue weighted by molar-refractivity contribution is 7.95. The normalized spacial score (nSPS) is 12.4. The number of non-ortho nitro benzene ring substituents is 1. The molecule has 248 valence electrons. The van der Waals surface area contributed by atoms with Crippen molar-refractivity contribution in [3.8, 4) is 5.75 Å². The number of nitro benzene ring substituents is 1. The van der Waals surface area contributed by atoms with Gasteiger partial charge in [-0.25, -0.2) is 10.5 Å². The number of rotatable bonds is 13. The summed E-state index contributed by atoms with van der Waals surface area (Å²) in [7, 11) is -9.74. The van der Waals surface area contributed by atoms with Crippen molar-refractivity contribution in [1.82, 2.24) is 0 Å². The quantitative estimate of drug-likeness (QED) is 0.0135. The molecule has 0 saturated carbocycles. The number of nitro groups is 1. The third-order valence-electron chi connectivity index (χ3n) is 5.97. The van der Waals surface area contributed by atoms with Crippen molar-refractivity contribution in [1.29, 1.82) is 0 Å². The van der Waals surface area contributed by atoms with Crippen LogP contribution in [0.3, 0.4) is 0 Å². The van der Waals surface area contributed by atoms with Crippen LogP contribution in [0.2, 0.25) is 0 Å². The molecule has 23 heteroatoms. The van der Waals surface area contributed by atoms with E-state index in [4.69, 9.17) is 16.2 Å². The topological polar surface area (TPSA) is 300 Å². The molecule has 0 spiro atoms. The molecule has 47 heavy (non-hydrogen) atoms. The molecule has 4 aromatic carbocycles. The van der Waals surface area contributed by atoms with Gasteiger partial charge in [-0.05, 0) is 47.5 Å². The molecular weight excluding hydrogens is 713 g/mol. The van der Waals surface area contributed by atoms with Crippen LogP contribution in [0.25, 0.3) is 22.9 Å². The second kappa shape index (κ2) is 14.7. The van der Waals surface area contributed by atoms with Crippen molar-refractivity contribution < 1.29 is 65.2 Å². The first-order valence-corrected chi connectivity index (χ1v) is 16.4. The number of benzene rings is 4. The number of nitrogens with zero attached hydrogens (tertiary/aromatic N) is 3. The molecule has 0 atom stereocenters. The van der Waals surface area contributed by atoms with Crippen LogP contribution in [0.1, 0.15) is 11.1 Å². The van der Waals surface area contributed by atoms with Crippen LogP contribution < -0.4 is 5.73 Å². The molecule has 0 aliphatic rings. The Morgan fingerprint density at radius 3 is 2.06 bits per heavy atom. The summed E-state index contributed by atoms with van der Waals surface area (Å²) in [6.45, 7) is 0. The lowest BCUT2D eigenvalue weighted by atomic mass is 10.1. The zero-order chi connectivity index (χ0) is 34.5. The first-order chi connectivity index (χ1) is 22.1. The zero-order valence-electron chi connectivity index (χ0n) is 22.7. The van der Waals surface area contributed by atoms with Crippen molar-refractivity contribution in [2.24, 2.45) is 10.2 Å². The van der Waals surface area contributed by atoms with Crippen molar-refractivity contribution >= 4 is 90.0 Å². The molecule has 0 aromatic heterocycles. The summed E-state index contributed by atoms with van der Waals surface area (Å²) in [5.74, 6) is -0.635. The van der Waals surface area contributed by atoms with E-state index in [2.05, 4.69) is 29.0 Å². The van der Waals surface area contributed by atoms with Crippen molar-refractivity contribution in [2.45, 2.75) is 19.6 Å². The fourth-order valence-corrected chi connectivity index (χ4v) is 6.55. The summed E-state index contributed by atoms with van der Waals surface area (Å²) in [5.41, 5.74) is 4.77. The minimum atomic E-state index is -4.87. The minimum absolute atomic E-state index is 0.0749. The smallest absolute Gasteiger partial charge is 0.297 e. The number of aromatic hydroxyl groups is 1. The summed E-state index contributed by atoms with van der Waals surface area (Å²) in [6, 6.07) is 10.5. The number of hydrogen-bond donors (Lipinski definition) is 6. The Bertz CT molecular complexity index is 2140. The van der Waals surface area contributed by atoms with Gasteiger partial charge in [0.05, 0.1) is 45.3 Å². The maximum atomic E-state index is 12.0. The summed E-state index contributed by atoms with van der Waals surface area (Å²) < 4.78 is 75.9. The zero-order valence-corrected chi connectivity index (χ0v) is 26.0. The molecule has 0 saturated heterocycles. The summed E-state index contributed by atoms with van der Waals surface area (Å²) in [4.78, 5) is 8.80. The van der Waals surface area contributed by atoms with Crippen LogP contribution in [-0.2, 0) is 39.0 Å². The summed E-state index contributed by atoms with van der Waals surface area (Å²) in [6.07, 6.45) is 2.56. The van der Waals surface area contributed by atoms with Crippen LogP contribution in [0.15, 0.2) is 84.4 Å². The van der Waals surface area contributed by atoms with Crippen LogP contribution in [0.5, 0.6) is 5.75 Å². The monoisotopic (exact) mass is 730 g/mol. The van der Waals surface area contributed by atoms with Crippen LogP contribution in [0.4, 0.5) is 22.7 Å². The van der Waals surface area contributed by atoms with Gasteiger partial charge in [0, 0.05) is 27.8 Å². The third-order valence-corrected chi connectivity index (χ3v) is 9.13. The largest absolute Gasteiger partial charge is 0.505 e. The SMILES string of the molecule is Nc1ccc2c(O)c(N=Nc3ccc(/C=C/c4ccc([N+](=O)[O-])cc4S(=O)(=O)O)c(SOOO)c3)c(SOOO)cc2c1S(=O)(=O)O. The molecule has 0 fully saturated rings. The van der Waals surface area contributed by atoms with E-state index in [0.717, 1.165) is 24.3 Å². The van der Waals surface area contributed by atoms with E-state index in [1.54, 1.807) is 0 Å². The molecule has 0 bridgehead atoms. The third kappa shape index (κ3) is 8.38. The average Bonchev–Trinajstić information content (AvgIpc) is 3.00. The molecular formula is C24H18N4O15S4. The van der Waals surface area contributed by atoms with Gasteiger partial charge in [0.2, 0.25) is 0 Å². The Hall–Kier alpha value is -4.24. The molecule has 0 radical (unpaired) electrons. The predicted molar refractivity (Wildman–Crippen MR) is 164 cm³/mol. The van der Waals surface area contributed by atoms with Gasteiger partial charge in [0.25, 0.3) is 25.9 Å². The number of nitrogens with two attached hydrogens (primary N) is 1. The van der Waals surface area contributed by atoms with Gasteiger partial charge in [0.15, 0.2) is 5.75 Å². The molecule has 0 aliphatic heterocycles. The molecule has 0 heterocycles. The fraction of sp³-hybridized carbons (Fsp3) is 0. The van der Waals surface area contributed by atoms with Gasteiger partial charge in [-0.3, -0.25) is 19.2 Å². The molecule has 0 aliphatic carbocycles. The standard InChI is InChI=1S/C24H18N4O15S4/c25-18-8-7-16-17(24(18)47(37,38)39)11-20(45-43-41-33)22(23(16)29)27-26-14-5-3-12(19(9-14)44-42-40-32)1-2-13-4-6-15(28(30)31)10-21(13)46(34,35)36/h1-11,29,32-33H,25H2,(H,34,35,36)(H,37,38,39)/b2-1+,27-26?. The highest BCUT2D eigenvalue weighted by Gasteiger charge is 2.24. The van der Waals surface area contributed by atoms with Gasteiger partial charge in [0.1, 0.15) is 15.5 Å². The van der Waals surface area contributed by atoms with Crippen LogP contribution >= 0.6 is 24.1 Å². The van der Waals surface area contributed by atoms with Gasteiger partial charge in [-0.15, -0.1) is 13.8 Å². The molecule has 0 unspecified atom stereocenters. The lowest BCUT2D eigenvalue weighted by Gasteiger charge is -2.12. The first-order valence-electron chi connectivity index (χ1n) is 12.0. The Labute approximate surface area is 271 Å². The van der Waals surface area contributed by atoms with E-state index in [1.165, 1.54) is 36.4 Å². The number of phenolic OH excluding ortho intramolecular Hbond substituents is 1. The Balaban J connectivity index is 1.78. The molecule has 4 aromatic rings. The van der Waals surface area contributed by atoms with E-state index in [1.807, 2.05) is 0 Å². The number of phenols is 1. The molecule has 7 N–H and O–H groups in total. The van der Waals surface area contributed by atoms with E-state index < -0.39 is 46.4 Å². The highest BCUT2D eigenvalue weighted by atomic mass is 32.2. The Morgan fingerprint density at radius 1 is 0.809 bits per heavy atom. The van der Waals surface area contributed by atoms with Gasteiger partial charge >= 0.3 is 0 Å². The van der Waals surface area contributed by atoms with Crippen LogP contribution in [0, 0.1) is 10.1 Å². The second-order valence-corrected chi connectivity index (χ2v) is 13.0. The maximum Gasteiger partial charge on any atom is 0.297 e. The first kappa shape index (κ1) is 35.6. The van der Waals surface area contributed by atoms with E-state index in [0.29, 0.717) is 23.7 Å². The fourth-order valence-electron chi connectivity index (χ4n) is 4.04. The second-order valence-electron chi connectivity index (χ2n) is 8.79. The van der Waals surface area contributed by atoms with E-state index in [-0.39, 0.29) is 55.2 Å². The average molecular weight is 731 g/mol. The van der Waals surface area contributed by atoms with Gasteiger partial charge in [-0.2, -0.15) is 21.9 Å². The minimum Gasteiger partial charge on any atom is -0.505 e. The Kier molecular flexibility index (Phi) is 11.1. The lowest BCUT2D eigenvalue weighted by Crippen LogP contribution is -2.04. The van der Waals surface area contributed by atoms with Gasteiger partial charge < -0.3 is 10.8 Å². The molecule has 4 rings (SSSR count). The maximum absolute atomic E-state index is 12.0.